The number of carbonyl (C=O) groups is 1. The summed E-state index contributed by atoms with van der Waals surface area (Å²) in [7, 11) is 0. The summed E-state index contributed by atoms with van der Waals surface area (Å²) < 4.78 is 0. The first-order valence-corrected chi connectivity index (χ1v) is 6.59. The zero-order valence-electron chi connectivity index (χ0n) is 12.0. The van der Waals surface area contributed by atoms with E-state index >= 15 is 0 Å². The molecule has 4 nitrogen and oxygen atoms in total. The fourth-order valence-corrected chi connectivity index (χ4v) is 2.32. The van der Waals surface area contributed by atoms with E-state index in [-0.39, 0.29) is 24.1 Å². The average Bonchev–Trinajstić information content (AvgIpc) is 2.30. The van der Waals surface area contributed by atoms with Gasteiger partial charge in [-0.25, -0.2) is 0 Å². The van der Waals surface area contributed by atoms with Crippen LogP contribution in [0.4, 0.5) is 0 Å². The highest BCUT2D eigenvalue weighted by molar-refractivity contribution is 5.78. The summed E-state index contributed by atoms with van der Waals surface area (Å²) in [5, 5.41) is 19.7. The summed E-state index contributed by atoms with van der Waals surface area (Å²) in [4.78, 5) is 11.3. The first kappa shape index (κ1) is 15.5. The van der Waals surface area contributed by atoms with Crippen LogP contribution in [0.5, 0.6) is 5.75 Å². The third-order valence-electron chi connectivity index (χ3n) is 3.41. The standard InChI is InChI=1S/C15H23NO3/c1-8(2)10-5-6-11(9(3)4)14(17)13(10)12(7-16)15(18)19/h5-6,8-9,12,17H,7,16H2,1-4H3,(H,18,19). The quantitative estimate of drug-likeness (QED) is 0.764. The Morgan fingerprint density at radius 2 is 1.63 bits per heavy atom. The smallest absolute Gasteiger partial charge is 0.312 e. The lowest BCUT2D eigenvalue weighted by molar-refractivity contribution is -0.138. The molecule has 0 amide bonds. The number of hydrogen-bond donors (Lipinski definition) is 3. The average molecular weight is 265 g/mol. The molecule has 1 aromatic carbocycles. The Labute approximate surface area is 114 Å². The van der Waals surface area contributed by atoms with E-state index in [1.807, 2.05) is 39.8 Å². The summed E-state index contributed by atoms with van der Waals surface area (Å²) >= 11 is 0. The van der Waals surface area contributed by atoms with Gasteiger partial charge in [-0.15, -0.1) is 0 Å². The molecular weight excluding hydrogens is 242 g/mol. The molecule has 0 fully saturated rings. The Kier molecular flexibility index (Phi) is 4.95. The number of benzene rings is 1. The predicted molar refractivity (Wildman–Crippen MR) is 75.7 cm³/mol. The molecule has 0 spiro atoms. The topological polar surface area (TPSA) is 83.6 Å². The molecule has 0 aliphatic rings. The normalized spacial score (nSPS) is 13.0. The molecule has 0 saturated heterocycles. The molecule has 1 rings (SSSR count). The molecule has 0 saturated carbocycles. The summed E-state index contributed by atoms with van der Waals surface area (Å²) in [6.07, 6.45) is 0. The molecule has 1 atom stereocenters. The lowest BCUT2D eigenvalue weighted by atomic mass is 9.84. The van der Waals surface area contributed by atoms with Crippen molar-refractivity contribution in [3.8, 4) is 5.75 Å². The minimum absolute atomic E-state index is 0.0236. The van der Waals surface area contributed by atoms with Crippen molar-refractivity contribution >= 4 is 5.97 Å². The van der Waals surface area contributed by atoms with Crippen molar-refractivity contribution in [3.63, 3.8) is 0 Å². The van der Waals surface area contributed by atoms with Gasteiger partial charge in [0, 0.05) is 12.1 Å². The molecule has 4 heteroatoms. The molecule has 0 bridgehead atoms. The Balaban J connectivity index is 3.54. The van der Waals surface area contributed by atoms with E-state index in [9.17, 15) is 15.0 Å². The maximum atomic E-state index is 11.3. The molecule has 4 N–H and O–H groups in total. The molecule has 106 valence electrons. The van der Waals surface area contributed by atoms with Gasteiger partial charge in [-0.3, -0.25) is 4.79 Å². The molecule has 0 aliphatic heterocycles. The molecule has 0 aliphatic carbocycles. The molecule has 0 radical (unpaired) electrons. The molecule has 0 heterocycles. The SMILES string of the molecule is CC(C)c1ccc(C(C)C)c(C(CN)C(=O)O)c1O. The minimum Gasteiger partial charge on any atom is -0.507 e. The molecule has 1 unspecified atom stereocenters. The van der Waals surface area contributed by atoms with Crippen molar-refractivity contribution in [3.05, 3.63) is 28.8 Å². The van der Waals surface area contributed by atoms with Crippen LogP contribution in [0.2, 0.25) is 0 Å². The Bertz CT molecular complexity index is 467. The number of aromatic hydroxyl groups is 1. The summed E-state index contributed by atoms with van der Waals surface area (Å²) in [5.41, 5.74) is 7.66. The number of hydrogen-bond acceptors (Lipinski definition) is 3. The van der Waals surface area contributed by atoms with Gasteiger partial charge in [-0.1, -0.05) is 39.8 Å². The van der Waals surface area contributed by atoms with Crippen LogP contribution in [-0.2, 0) is 4.79 Å². The van der Waals surface area contributed by atoms with Gasteiger partial charge in [0.05, 0.1) is 5.92 Å². The first-order valence-electron chi connectivity index (χ1n) is 6.59. The lowest BCUT2D eigenvalue weighted by Crippen LogP contribution is -2.23. The molecule has 0 aromatic heterocycles. The van der Waals surface area contributed by atoms with Crippen LogP contribution in [0.15, 0.2) is 12.1 Å². The number of carboxylic acid groups (broad SMARTS) is 1. The van der Waals surface area contributed by atoms with Gasteiger partial charge in [-0.05, 0) is 23.0 Å². The van der Waals surface area contributed by atoms with Crippen LogP contribution in [0.25, 0.3) is 0 Å². The maximum Gasteiger partial charge on any atom is 0.312 e. The van der Waals surface area contributed by atoms with E-state index in [2.05, 4.69) is 0 Å². The van der Waals surface area contributed by atoms with E-state index < -0.39 is 11.9 Å². The second-order valence-corrected chi connectivity index (χ2v) is 5.44. The van der Waals surface area contributed by atoms with Gasteiger partial charge in [0.25, 0.3) is 0 Å². The second-order valence-electron chi connectivity index (χ2n) is 5.44. The monoisotopic (exact) mass is 265 g/mol. The van der Waals surface area contributed by atoms with Crippen molar-refractivity contribution in [2.45, 2.75) is 45.4 Å². The largest absolute Gasteiger partial charge is 0.507 e. The highest BCUT2D eigenvalue weighted by atomic mass is 16.4. The van der Waals surface area contributed by atoms with Gasteiger partial charge in [0.15, 0.2) is 0 Å². The Morgan fingerprint density at radius 1 is 1.16 bits per heavy atom. The zero-order chi connectivity index (χ0) is 14.7. The number of phenols is 1. The highest BCUT2D eigenvalue weighted by Gasteiger charge is 2.27. The maximum absolute atomic E-state index is 11.3. The van der Waals surface area contributed by atoms with Crippen LogP contribution in [0.1, 0.15) is 62.1 Å². The van der Waals surface area contributed by atoms with Crippen LogP contribution >= 0.6 is 0 Å². The van der Waals surface area contributed by atoms with Gasteiger partial charge in [0.1, 0.15) is 5.75 Å². The number of rotatable bonds is 5. The second kappa shape index (κ2) is 6.06. The van der Waals surface area contributed by atoms with Crippen molar-refractivity contribution in [2.75, 3.05) is 6.54 Å². The fraction of sp³-hybridized carbons (Fsp3) is 0.533. The first-order chi connectivity index (χ1) is 8.81. The van der Waals surface area contributed by atoms with Crippen molar-refractivity contribution in [2.24, 2.45) is 5.73 Å². The number of aliphatic carboxylic acids is 1. The third kappa shape index (κ3) is 3.07. The van der Waals surface area contributed by atoms with Crippen LogP contribution in [0, 0.1) is 0 Å². The zero-order valence-corrected chi connectivity index (χ0v) is 12.0. The summed E-state index contributed by atoms with van der Waals surface area (Å²) in [6, 6.07) is 3.77. The van der Waals surface area contributed by atoms with Crippen LogP contribution in [-0.4, -0.2) is 22.7 Å². The van der Waals surface area contributed by atoms with E-state index in [0.29, 0.717) is 5.56 Å². The fourth-order valence-electron chi connectivity index (χ4n) is 2.32. The predicted octanol–water partition coefficient (Wildman–Crippen LogP) is 2.77. The van der Waals surface area contributed by atoms with Gasteiger partial charge in [0.2, 0.25) is 0 Å². The third-order valence-corrected chi connectivity index (χ3v) is 3.41. The van der Waals surface area contributed by atoms with Crippen LogP contribution < -0.4 is 5.73 Å². The Morgan fingerprint density at radius 3 is 2.00 bits per heavy atom. The highest BCUT2D eigenvalue weighted by Crippen LogP contribution is 2.38. The van der Waals surface area contributed by atoms with Crippen molar-refractivity contribution in [1.82, 2.24) is 0 Å². The van der Waals surface area contributed by atoms with Crippen LogP contribution in [0.3, 0.4) is 0 Å². The lowest BCUT2D eigenvalue weighted by Gasteiger charge is -2.22. The number of carboxylic acids is 1. The molecule has 19 heavy (non-hydrogen) atoms. The van der Waals surface area contributed by atoms with E-state index in [4.69, 9.17) is 5.73 Å². The van der Waals surface area contributed by atoms with E-state index in [1.54, 1.807) is 0 Å². The van der Waals surface area contributed by atoms with E-state index in [1.165, 1.54) is 0 Å². The summed E-state index contributed by atoms with van der Waals surface area (Å²) in [6.45, 7) is 7.86. The molecule has 1 aromatic rings. The van der Waals surface area contributed by atoms with Gasteiger partial charge < -0.3 is 15.9 Å². The van der Waals surface area contributed by atoms with Gasteiger partial charge >= 0.3 is 5.97 Å². The van der Waals surface area contributed by atoms with Crippen molar-refractivity contribution < 1.29 is 15.0 Å². The number of phenolic OH excluding ortho intramolecular Hbond substituents is 1. The van der Waals surface area contributed by atoms with Gasteiger partial charge in [-0.2, -0.15) is 0 Å². The van der Waals surface area contributed by atoms with E-state index in [0.717, 1.165) is 11.1 Å². The summed E-state index contributed by atoms with van der Waals surface area (Å²) in [5.74, 6) is -1.52. The van der Waals surface area contributed by atoms with Crippen molar-refractivity contribution in [1.29, 1.82) is 0 Å². The molecular formula is C15H23NO3. The minimum atomic E-state index is -0.999. The number of nitrogens with two attached hydrogens (primary N) is 1. The Hall–Kier alpha value is -1.55.